The number of carbonyl (C=O) groups excluding carboxylic acids is 2. The zero-order chi connectivity index (χ0) is 25.8. The number of carbonyl (C=O) groups is 2. The Bertz CT molecular complexity index is 1040. The lowest BCUT2D eigenvalue weighted by Gasteiger charge is -2.29. The number of methoxy groups -OCH3 is 1. The SMILES string of the molecule is CC/C=C/C(C#N)=C(\C=C(/C)NC(=O)N1CCCc2cc(CN(C)C)c(C=O)nc21)OCCOC. The van der Waals surface area contributed by atoms with Crippen molar-refractivity contribution in [3.63, 3.8) is 0 Å². The molecule has 2 amide bonds. The summed E-state index contributed by atoms with van der Waals surface area (Å²) in [7, 11) is 5.43. The number of hydrogen-bond donors (Lipinski definition) is 1. The molecule has 0 aromatic carbocycles. The molecule has 188 valence electrons. The second-order valence-electron chi connectivity index (χ2n) is 8.43. The van der Waals surface area contributed by atoms with Gasteiger partial charge in [-0.2, -0.15) is 5.26 Å². The molecule has 1 aliphatic rings. The lowest BCUT2D eigenvalue weighted by Crippen LogP contribution is -2.43. The van der Waals surface area contributed by atoms with Crippen molar-refractivity contribution in [2.75, 3.05) is 45.9 Å². The molecule has 0 saturated carbocycles. The van der Waals surface area contributed by atoms with Crippen molar-refractivity contribution < 1.29 is 19.1 Å². The van der Waals surface area contributed by atoms with Gasteiger partial charge in [0.25, 0.3) is 0 Å². The molecule has 9 heteroatoms. The van der Waals surface area contributed by atoms with Crippen molar-refractivity contribution in [2.24, 2.45) is 0 Å². The van der Waals surface area contributed by atoms with Crippen LogP contribution in [0.5, 0.6) is 0 Å². The zero-order valence-corrected chi connectivity index (χ0v) is 21.3. The van der Waals surface area contributed by atoms with Crippen molar-refractivity contribution >= 4 is 18.1 Å². The standard InChI is InChI=1S/C26H35N5O4/c1-6-7-9-21(16-27)24(35-13-12-34-5)14-19(2)28-26(33)31-11-8-10-20-15-22(17-30(3)4)23(18-32)29-25(20)31/h7,9,14-15,18H,6,8,10-13,17H2,1-5H3,(H,28,33)/b9-7+,19-14+,24-21-. The molecule has 0 saturated heterocycles. The maximum Gasteiger partial charge on any atom is 0.327 e. The largest absolute Gasteiger partial charge is 0.490 e. The van der Waals surface area contributed by atoms with Crippen molar-refractivity contribution in [1.82, 2.24) is 15.2 Å². The van der Waals surface area contributed by atoms with Gasteiger partial charge in [0.15, 0.2) is 6.29 Å². The molecule has 0 spiro atoms. The van der Waals surface area contributed by atoms with E-state index in [1.54, 1.807) is 31.1 Å². The number of nitrogens with zero attached hydrogens (tertiary/aromatic N) is 4. The molecule has 1 aromatic heterocycles. The van der Waals surface area contributed by atoms with Crippen molar-refractivity contribution in [3.05, 3.63) is 58.1 Å². The number of amides is 2. The number of anilines is 1. The summed E-state index contributed by atoms with van der Waals surface area (Å²) in [5.41, 5.74) is 2.98. The summed E-state index contributed by atoms with van der Waals surface area (Å²) in [6, 6.07) is 3.76. The smallest absolute Gasteiger partial charge is 0.327 e. The lowest BCUT2D eigenvalue weighted by atomic mass is 10.0. The van der Waals surface area contributed by atoms with Crippen LogP contribution in [0.25, 0.3) is 0 Å². The average molecular weight is 482 g/mol. The molecule has 2 rings (SSSR count). The second kappa shape index (κ2) is 14.0. The van der Waals surface area contributed by atoms with Crippen LogP contribution in [0.15, 0.2) is 41.3 Å². The number of ether oxygens (including phenoxy) is 2. The Kier molecular flexibility index (Phi) is 11.1. The second-order valence-corrected chi connectivity index (χ2v) is 8.43. The Morgan fingerprint density at radius 1 is 1.37 bits per heavy atom. The third-order valence-electron chi connectivity index (χ3n) is 5.22. The van der Waals surface area contributed by atoms with Crippen molar-refractivity contribution in [1.29, 1.82) is 5.26 Å². The van der Waals surface area contributed by atoms with E-state index in [1.807, 2.05) is 38.1 Å². The van der Waals surface area contributed by atoms with Crippen LogP contribution >= 0.6 is 0 Å². The number of aryl methyl sites for hydroxylation is 1. The number of rotatable bonds is 11. The van der Waals surface area contributed by atoms with Gasteiger partial charge in [0.2, 0.25) is 0 Å². The van der Waals surface area contributed by atoms with E-state index in [1.165, 1.54) is 0 Å². The molecular formula is C26H35N5O4. The highest BCUT2D eigenvalue weighted by atomic mass is 16.5. The number of hydrogen-bond acceptors (Lipinski definition) is 7. The van der Waals surface area contributed by atoms with E-state index in [2.05, 4.69) is 16.4 Å². The predicted octanol–water partition coefficient (Wildman–Crippen LogP) is 3.73. The van der Waals surface area contributed by atoms with Crippen molar-refractivity contribution in [2.45, 2.75) is 39.7 Å². The van der Waals surface area contributed by atoms with Crippen LogP contribution < -0.4 is 10.2 Å². The minimum absolute atomic E-state index is 0.266. The Balaban J connectivity index is 2.31. The minimum Gasteiger partial charge on any atom is -0.490 e. The van der Waals surface area contributed by atoms with Crippen LogP contribution in [-0.4, -0.2) is 63.2 Å². The Labute approximate surface area is 207 Å². The topological polar surface area (TPSA) is 108 Å². The van der Waals surface area contributed by atoms with Crippen LogP contribution in [0.2, 0.25) is 0 Å². The highest BCUT2D eigenvalue weighted by Crippen LogP contribution is 2.28. The quantitative estimate of drug-likeness (QED) is 0.169. The molecule has 0 bridgehead atoms. The molecule has 1 aromatic rings. The third kappa shape index (κ3) is 8.05. The average Bonchev–Trinajstić information content (AvgIpc) is 2.83. The van der Waals surface area contributed by atoms with Gasteiger partial charge in [0.05, 0.1) is 12.2 Å². The summed E-state index contributed by atoms with van der Waals surface area (Å²) in [4.78, 5) is 32.9. The molecule has 0 atom stereocenters. The molecule has 2 heterocycles. The molecule has 0 fully saturated rings. The van der Waals surface area contributed by atoms with E-state index in [4.69, 9.17) is 9.47 Å². The molecule has 9 nitrogen and oxygen atoms in total. The first-order valence-electron chi connectivity index (χ1n) is 11.7. The molecule has 35 heavy (non-hydrogen) atoms. The first kappa shape index (κ1) is 27.8. The maximum atomic E-state index is 13.2. The van der Waals surface area contributed by atoms with Gasteiger partial charge in [-0.25, -0.2) is 9.78 Å². The number of aromatic nitrogens is 1. The van der Waals surface area contributed by atoms with E-state index < -0.39 is 0 Å². The number of nitriles is 1. The normalized spacial score (nSPS) is 14.4. The fourth-order valence-corrected chi connectivity index (χ4v) is 3.64. The number of pyridine rings is 1. The molecule has 0 radical (unpaired) electrons. The summed E-state index contributed by atoms with van der Waals surface area (Å²) in [5.74, 6) is 0.850. The highest BCUT2D eigenvalue weighted by molar-refractivity contribution is 5.93. The van der Waals surface area contributed by atoms with E-state index >= 15 is 0 Å². The van der Waals surface area contributed by atoms with E-state index in [0.717, 1.165) is 36.7 Å². The molecule has 0 aliphatic carbocycles. The first-order chi connectivity index (χ1) is 16.8. The molecule has 1 aliphatic heterocycles. The summed E-state index contributed by atoms with van der Waals surface area (Å²) >= 11 is 0. The Morgan fingerprint density at radius 3 is 2.77 bits per heavy atom. The fourth-order valence-electron chi connectivity index (χ4n) is 3.64. The number of nitrogens with one attached hydrogen (secondary N) is 1. The van der Waals surface area contributed by atoms with Crippen LogP contribution in [0.3, 0.4) is 0 Å². The number of aldehydes is 1. The highest BCUT2D eigenvalue weighted by Gasteiger charge is 2.26. The lowest BCUT2D eigenvalue weighted by molar-refractivity contribution is 0.111. The van der Waals surface area contributed by atoms with E-state index in [0.29, 0.717) is 48.2 Å². The van der Waals surface area contributed by atoms with Gasteiger partial charge in [0.1, 0.15) is 29.9 Å². The minimum atomic E-state index is -0.358. The van der Waals surface area contributed by atoms with E-state index in [-0.39, 0.29) is 12.6 Å². The van der Waals surface area contributed by atoms with Gasteiger partial charge < -0.3 is 19.7 Å². The van der Waals surface area contributed by atoms with Crippen LogP contribution in [-0.2, 0) is 22.4 Å². The van der Waals surface area contributed by atoms with Crippen LogP contribution in [0.1, 0.15) is 48.3 Å². The Morgan fingerprint density at radius 2 is 2.14 bits per heavy atom. The summed E-state index contributed by atoms with van der Waals surface area (Å²) in [6.45, 7) is 5.41. The molecular weight excluding hydrogens is 446 g/mol. The monoisotopic (exact) mass is 481 g/mol. The number of urea groups is 1. The summed E-state index contributed by atoms with van der Waals surface area (Å²) in [6.07, 6.45) is 8.28. The number of fused-ring (bicyclic) bond motifs is 1. The first-order valence-corrected chi connectivity index (χ1v) is 11.7. The van der Waals surface area contributed by atoms with Crippen molar-refractivity contribution in [3.8, 4) is 6.07 Å². The molecule has 1 N–H and O–H groups in total. The van der Waals surface area contributed by atoms with Crippen LogP contribution in [0.4, 0.5) is 10.6 Å². The third-order valence-corrected chi connectivity index (χ3v) is 5.22. The number of allylic oxidation sites excluding steroid dienone is 5. The fraction of sp³-hybridized carbons (Fsp3) is 0.462. The summed E-state index contributed by atoms with van der Waals surface area (Å²) in [5, 5.41) is 12.4. The van der Waals surface area contributed by atoms with Crippen LogP contribution in [0, 0.1) is 11.3 Å². The van der Waals surface area contributed by atoms with Gasteiger partial charge in [-0.15, -0.1) is 0 Å². The molecule has 0 unspecified atom stereocenters. The predicted molar refractivity (Wildman–Crippen MR) is 135 cm³/mol. The maximum absolute atomic E-state index is 13.2. The zero-order valence-electron chi connectivity index (χ0n) is 21.3. The van der Waals surface area contributed by atoms with Gasteiger partial charge in [-0.3, -0.25) is 9.69 Å². The van der Waals surface area contributed by atoms with Gasteiger partial charge >= 0.3 is 6.03 Å². The van der Waals surface area contributed by atoms with Gasteiger partial charge in [0, 0.05) is 32.0 Å². The van der Waals surface area contributed by atoms with E-state index in [9.17, 15) is 14.9 Å². The van der Waals surface area contributed by atoms with Gasteiger partial charge in [-0.1, -0.05) is 13.0 Å². The Hall–Kier alpha value is -3.48. The van der Waals surface area contributed by atoms with Gasteiger partial charge in [-0.05, 0) is 63.6 Å². The summed E-state index contributed by atoms with van der Waals surface area (Å²) < 4.78 is 10.8.